The summed E-state index contributed by atoms with van der Waals surface area (Å²) in [7, 11) is 0. The Labute approximate surface area is 126 Å². The van der Waals surface area contributed by atoms with Gasteiger partial charge in [-0.15, -0.1) is 11.3 Å². The molecule has 0 unspecified atom stereocenters. The fourth-order valence-electron chi connectivity index (χ4n) is 1.97. The number of rotatable bonds is 5. The Kier molecular flexibility index (Phi) is 5.01. The molecule has 0 saturated carbocycles. The number of aryl methyl sites for hydroxylation is 2. The van der Waals surface area contributed by atoms with Gasteiger partial charge in [-0.3, -0.25) is 4.79 Å². The maximum Gasteiger partial charge on any atom is 0.254 e. The third kappa shape index (κ3) is 3.85. The Morgan fingerprint density at radius 1 is 1.38 bits per heavy atom. The molecule has 1 N–H and O–H groups in total. The zero-order valence-corrected chi connectivity index (χ0v) is 12.7. The molecular weight excluding hydrogens is 294 g/mol. The van der Waals surface area contributed by atoms with Gasteiger partial charge in [-0.2, -0.15) is 0 Å². The van der Waals surface area contributed by atoms with E-state index in [0.717, 1.165) is 29.3 Å². The summed E-state index contributed by atoms with van der Waals surface area (Å²) in [6.45, 7) is 4.43. The molecule has 0 bridgehead atoms. The zero-order valence-electron chi connectivity index (χ0n) is 11.9. The van der Waals surface area contributed by atoms with Crippen LogP contribution in [0, 0.1) is 18.6 Å². The molecule has 0 atom stereocenters. The first-order valence-electron chi connectivity index (χ1n) is 6.69. The van der Waals surface area contributed by atoms with Crippen molar-refractivity contribution in [3.63, 3.8) is 0 Å². The van der Waals surface area contributed by atoms with Gasteiger partial charge in [-0.1, -0.05) is 6.92 Å². The van der Waals surface area contributed by atoms with E-state index in [1.54, 1.807) is 11.3 Å². The van der Waals surface area contributed by atoms with Crippen LogP contribution in [0.3, 0.4) is 0 Å². The van der Waals surface area contributed by atoms with E-state index in [0.29, 0.717) is 19.0 Å². The van der Waals surface area contributed by atoms with Crippen LogP contribution < -0.4 is 5.32 Å². The number of thiazole rings is 1. The molecule has 1 amide bonds. The van der Waals surface area contributed by atoms with E-state index >= 15 is 0 Å². The van der Waals surface area contributed by atoms with E-state index in [-0.39, 0.29) is 5.56 Å². The van der Waals surface area contributed by atoms with Gasteiger partial charge in [0.1, 0.15) is 11.6 Å². The molecule has 6 heteroatoms. The Morgan fingerprint density at radius 2 is 2.14 bits per heavy atom. The monoisotopic (exact) mass is 310 g/mol. The molecule has 112 valence electrons. The predicted octanol–water partition coefficient (Wildman–Crippen LogP) is 3.26. The quantitative estimate of drug-likeness (QED) is 0.921. The van der Waals surface area contributed by atoms with Gasteiger partial charge in [-0.05, 0) is 25.5 Å². The van der Waals surface area contributed by atoms with Gasteiger partial charge >= 0.3 is 0 Å². The fourth-order valence-corrected chi connectivity index (χ4v) is 3.00. The van der Waals surface area contributed by atoms with Gasteiger partial charge in [0.25, 0.3) is 5.91 Å². The largest absolute Gasteiger partial charge is 0.352 e. The highest BCUT2D eigenvalue weighted by Crippen LogP contribution is 2.18. The lowest BCUT2D eigenvalue weighted by Crippen LogP contribution is -2.26. The van der Waals surface area contributed by atoms with Crippen LogP contribution in [0.2, 0.25) is 0 Å². The summed E-state index contributed by atoms with van der Waals surface area (Å²) >= 11 is 1.61. The summed E-state index contributed by atoms with van der Waals surface area (Å²) in [6.07, 6.45) is 1.48. The van der Waals surface area contributed by atoms with Crippen molar-refractivity contribution >= 4 is 17.2 Å². The zero-order chi connectivity index (χ0) is 15.4. The molecule has 0 aliphatic rings. The number of hydrogen-bond acceptors (Lipinski definition) is 3. The van der Waals surface area contributed by atoms with Crippen LogP contribution in [0.15, 0.2) is 18.2 Å². The third-order valence-corrected chi connectivity index (χ3v) is 4.14. The van der Waals surface area contributed by atoms with Crippen LogP contribution in [-0.4, -0.2) is 17.4 Å². The van der Waals surface area contributed by atoms with Crippen molar-refractivity contribution in [3.8, 4) is 0 Å². The SMILES string of the molecule is CCc1nc(CCNC(=O)c2ccc(F)cc2F)sc1C. The summed E-state index contributed by atoms with van der Waals surface area (Å²) in [5.74, 6) is -2.10. The smallest absolute Gasteiger partial charge is 0.254 e. The van der Waals surface area contributed by atoms with Crippen molar-refractivity contribution in [1.82, 2.24) is 10.3 Å². The number of benzene rings is 1. The number of amides is 1. The van der Waals surface area contributed by atoms with Gasteiger partial charge in [0.05, 0.1) is 16.3 Å². The molecule has 3 nitrogen and oxygen atoms in total. The maximum atomic E-state index is 13.4. The number of carbonyl (C=O) groups is 1. The van der Waals surface area contributed by atoms with E-state index in [4.69, 9.17) is 0 Å². The van der Waals surface area contributed by atoms with E-state index in [1.807, 2.05) is 13.8 Å². The van der Waals surface area contributed by atoms with Crippen LogP contribution in [0.4, 0.5) is 8.78 Å². The highest BCUT2D eigenvalue weighted by molar-refractivity contribution is 7.11. The van der Waals surface area contributed by atoms with Crippen LogP contribution in [-0.2, 0) is 12.8 Å². The molecule has 1 heterocycles. The number of halogens is 2. The highest BCUT2D eigenvalue weighted by Gasteiger charge is 2.12. The van der Waals surface area contributed by atoms with Crippen LogP contribution >= 0.6 is 11.3 Å². The van der Waals surface area contributed by atoms with E-state index in [9.17, 15) is 13.6 Å². The summed E-state index contributed by atoms with van der Waals surface area (Å²) in [4.78, 5) is 17.5. The second kappa shape index (κ2) is 6.76. The Hall–Kier alpha value is -1.82. The second-order valence-electron chi connectivity index (χ2n) is 4.59. The minimum atomic E-state index is -0.856. The lowest BCUT2D eigenvalue weighted by Gasteiger charge is -2.05. The Balaban J connectivity index is 1.92. The van der Waals surface area contributed by atoms with Crippen molar-refractivity contribution in [1.29, 1.82) is 0 Å². The standard InChI is InChI=1S/C15H16F2N2OS/c1-3-13-9(2)21-14(19-13)6-7-18-15(20)11-5-4-10(16)8-12(11)17/h4-5,8H,3,6-7H2,1-2H3,(H,18,20). The lowest BCUT2D eigenvalue weighted by molar-refractivity contribution is 0.0950. The molecule has 0 spiro atoms. The normalized spacial score (nSPS) is 10.7. The average Bonchev–Trinajstić information content (AvgIpc) is 2.78. The van der Waals surface area contributed by atoms with E-state index in [2.05, 4.69) is 10.3 Å². The van der Waals surface area contributed by atoms with Crippen LogP contribution in [0.5, 0.6) is 0 Å². The van der Waals surface area contributed by atoms with Crippen molar-refractivity contribution in [3.05, 3.63) is 51.0 Å². The lowest BCUT2D eigenvalue weighted by atomic mass is 10.2. The van der Waals surface area contributed by atoms with Crippen LogP contribution in [0.1, 0.15) is 32.9 Å². The van der Waals surface area contributed by atoms with Gasteiger partial charge in [-0.25, -0.2) is 13.8 Å². The van der Waals surface area contributed by atoms with Crippen molar-refractivity contribution in [2.75, 3.05) is 6.54 Å². The number of hydrogen-bond donors (Lipinski definition) is 1. The molecule has 0 radical (unpaired) electrons. The predicted molar refractivity (Wildman–Crippen MR) is 78.6 cm³/mol. The van der Waals surface area contributed by atoms with E-state index in [1.165, 1.54) is 4.88 Å². The van der Waals surface area contributed by atoms with Crippen molar-refractivity contribution < 1.29 is 13.6 Å². The fraction of sp³-hybridized carbons (Fsp3) is 0.333. The van der Waals surface area contributed by atoms with Gasteiger partial charge in [0, 0.05) is 23.9 Å². The molecule has 2 rings (SSSR count). The van der Waals surface area contributed by atoms with Crippen LogP contribution in [0.25, 0.3) is 0 Å². The Bertz CT molecular complexity index is 655. The highest BCUT2D eigenvalue weighted by atomic mass is 32.1. The molecule has 1 aromatic carbocycles. The molecule has 0 aliphatic carbocycles. The van der Waals surface area contributed by atoms with Crippen molar-refractivity contribution in [2.24, 2.45) is 0 Å². The minimum absolute atomic E-state index is 0.152. The molecule has 0 fully saturated rings. The molecule has 0 aliphatic heterocycles. The first-order valence-corrected chi connectivity index (χ1v) is 7.51. The topological polar surface area (TPSA) is 42.0 Å². The first kappa shape index (κ1) is 15.6. The third-order valence-electron chi connectivity index (χ3n) is 3.07. The number of nitrogens with zero attached hydrogens (tertiary/aromatic N) is 1. The Morgan fingerprint density at radius 3 is 2.76 bits per heavy atom. The van der Waals surface area contributed by atoms with Gasteiger partial charge in [0.2, 0.25) is 0 Å². The summed E-state index contributed by atoms with van der Waals surface area (Å²) in [5.41, 5.74) is 0.923. The summed E-state index contributed by atoms with van der Waals surface area (Å²) in [6, 6.07) is 2.91. The first-order chi connectivity index (χ1) is 10.0. The maximum absolute atomic E-state index is 13.4. The summed E-state index contributed by atoms with van der Waals surface area (Å²) in [5, 5.41) is 3.57. The second-order valence-corrected chi connectivity index (χ2v) is 5.88. The molecule has 0 saturated heterocycles. The van der Waals surface area contributed by atoms with E-state index < -0.39 is 17.5 Å². The van der Waals surface area contributed by atoms with Gasteiger partial charge < -0.3 is 5.32 Å². The van der Waals surface area contributed by atoms with Crippen molar-refractivity contribution in [2.45, 2.75) is 26.7 Å². The molecule has 21 heavy (non-hydrogen) atoms. The van der Waals surface area contributed by atoms with Gasteiger partial charge in [0.15, 0.2) is 0 Å². The minimum Gasteiger partial charge on any atom is -0.352 e. The molecule has 1 aromatic heterocycles. The number of carbonyl (C=O) groups excluding carboxylic acids is 1. The number of aromatic nitrogens is 1. The average molecular weight is 310 g/mol. The number of nitrogens with one attached hydrogen (secondary N) is 1. The molecule has 2 aromatic rings. The molecular formula is C15H16F2N2OS. The summed E-state index contributed by atoms with van der Waals surface area (Å²) < 4.78 is 26.2.